The topological polar surface area (TPSA) is 121 Å². The average molecular weight is 290 g/mol. The number of carbonyl (C=O) groups is 1. The summed E-state index contributed by atoms with van der Waals surface area (Å²) in [5.74, 6) is -0.689. The number of carbonyl (C=O) groups excluding carboxylic acids is 1. The largest absolute Gasteiger partial charge is 0.387 e. The smallest absolute Gasteiger partial charge is 0.319 e. The number of aromatic amines is 1. The summed E-state index contributed by atoms with van der Waals surface area (Å²) < 4.78 is 0. The summed E-state index contributed by atoms with van der Waals surface area (Å²) >= 11 is 0. The summed E-state index contributed by atoms with van der Waals surface area (Å²) in [4.78, 5) is 21.8. The molecule has 0 spiro atoms. The highest BCUT2D eigenvalue weighted by molar-refractivity contribution is 5.95. The second-order valence-corrected chi connectivity index (χ2v) is 4.52. The van der Waals surface area contributed by atoms with Crippen molar-refractivity contribution in [3.63, 3.8) is 0 Å². The Bertz CT molecular complexity index is 650. The second kappa shape index (κ2) is 6.14. The third-order valence-corrected chi connectivity index (χ3v) is 2.96. The molecule has 1 aromatic heterocycles. The molecule has 0 bridgehead atoms. The van der Waals surface area contributed by atoms with Crippen molar-refractivity contribution in [2.75, 3.05) is 6.54 Å². The number of H-pyrrole nitrogens is 1. The first-order chi connectivity index (χ1) is 9.99. The average Bonchev–Trinajstić information content (AvgIpc) is 2.95. The molecule has 1 atom stereocenters. The molecule has 8 heteroatoms. The standard InChI is InChI=1S/C13H14N4O4/c1-8-2-4-9(5-3-8)11(18)7-14-13(19)12-10(17(20)21)6-15-16-12/h2-6,11,18H,7H2,1H3,(H,14,19)(H,15,16). The van der Waals surface area contributed by atoms with Crippen LogP contribution in [0.3, 0.4) is 0 Å². The predicted octanol–water partition coefficient (Wildman–Crippen LogP) is 1.09. The lowest BCUT2D eigenvalue weighted by molar-refractivity contribution is -0.385. The lowest BCUT2D eigenvalue weighted by Gasteiger charge is -2.12. The van der Waals surface area contributed by atoms with Crippen LogP contribution in [0.25, 0.3) is 0 Å². The maximum atomic E-state index is 11.8. The summed E-state index contributed by atoms with van der Waals surface area (Å²) in [6, 6.07) is 7.20. The number of benzene rings is 1. The molecule has 0 saturated carbocycles. The summed E-state index contributed by atoms with van der Waals surface area (Å²) in [6.07, 6.45) is 0.0715. The molecule has 8 nitrogen and oxygen atoms in total. The van der Waals surface area contributed by atoms with E-state index in [0.29, 0.717) is 5.56 Å². The van der Waals surface area contributed by atoms with E-state index in [0.717, 1.165) is 11.8 Å². The van der Waals surface area contributed by atoms with E-state index in [9.17, 15) is 20.0 Å². The van der Waals surface area contributed by atoms with Crippen molar-refractivity contribution in [2.24, 2.45) is 0 Å². The molecule has 1 unspecified atom stereocenters. The minimum absolute atomic E-state index is 0.0575. The molecule has 3 N–H and O–H groups in total. The molecular weight excluding hydrogens is 276 g/mol. The molecule has 0 aliphatic rings. The van der Waals surface area contributed by atoms with Crippen LogP contribution in [0.2, 0.25) is 0 Å². The minimum Gasteiger partial charge on any atom is -0.387 e. The number of aromatic nitrogens is 2. The maximum Gasteiger partial charge on any atom is 0.319 e. The van der Waals surface area contributed by atoms with E-state index in [2.05, 4.69) is 15.5 Å². The summed E-state index contributed by atoms with van der Waals surface area (Å²) in [6.45, 7) is 1.87. The van der Waals surface area contributed by atoms with Crippen molar-refractivity contribution in [2.45, 2.75) is 13.0 Å². The van der Waals surface area contributed by atoms with Gasteiger partial charge in [-0.1, -0.05) is 29.8 Å². The summed E-state index contributed by atoms with van der Waals surface area (Å²) in [7, 11) is 0. The molecule has 0 aliphatic carbocycles. The zero-order valence-corrected chi connectivity index (χ0v) is 11.2. The Balaban J connectivity index is 1.99. The van der Waals surface area contributed by atoms with E-state index in [4.69, 9.17) is 0 Å². The van der Waals surface area contributed by atoms with Gasteiger partial charge in [0.1, 0.15) is 6.20 Å². The Kier molecular flexibility index (Phi) is 4.29. The van der Waals surface area contributed by atoms with Crippen LogP contribution in [0.1, 0.15) is 27.7 Å². The zero-order valence-electron chi connectivity index (χ0n) is 11.2. The lowest BCUT2D eigenvalue weighted by Crippen LogP contribution is -2.29. The Morgan fingerprint density at radius 3 is 2.76 bits per heavy atom. The van der Waals surface area contributed by atoms with Crippen LogP contribution in [-0.2, 0) is 0 Å². The normalized spacial score (nSPS) is 11.9. The van der Waals surface area contributed by atoms with Gasteiger partial charge in [-0.25, -0.2) is 0 Å². The van der Waals surface area contributed by atoms with Gasteiger partial charge in [-0.2, -0.15) is 5.10 Å². The quantitative estimate of drug-likeness (QED) is 0.562. The molecule has 0 fully saturated rings. The van der Waals surface area contributed by atoms with Gasteiger partial charge in [-0.15, -0.1) is 0 Å². The molecule has 21 heavy (non-hydrogen) atoms. The fraction of sp³-hybridized carbons (Fsp3) is 0.231. The predicted molar refractivity (Wildman–Crippen MR) is 73.7 cm³/mol. The molecule has 1 amide bonds. The highest BCUT2D eigenvalue weighted by Gasteiger charge is 2.23. The van der Waals surface area contributed by atoms with E-state index < -0.39 is 22.6 Å². The van der Waals surface area contributed by atoms with Crippen molar-refractivity contribution in [1.82, 2.24) is 15.5 Å². The molecule has 0 aliphatic heterocycles. The summed E-state index contributed by atoms with van der Waals surface area (Å²) in [5.41, 5.74) is 1.07. The van der Waals surface area contributed by atoms with Crippen LogP contribution in [0, 0.1) is 17.0 Å². The number of aryl methyl sites for hydroxylation is 1. The van der Waals surface area contributed by atoms with Gasteiger partial charge in [0.25, 0.3) is 5.91 Å². The van der Waals surface area contributed by atoms with Crippen LogP contribution in [0.5, 0.6) is 0 Å². The number of hydrogen-bond donors (Lipinski definition) is 3. The van der Waals surface area contributed by atoms with E-state index in [1.54, 1.807) is 12.1 Å². The minimum atomic E-state index is -0.892. The molecule has 2 aromatic rings. The van der Waals surface area contributed by atoms with Crippen molar-refractivity contribution >= 4 is 11.6 Å². The van der Waals surface area contributed by atoms with Gasteiger partial charge in [-0.05, 0) is 12.5 Å². The fourth-order valence-corrected chi connectivity index (χ4v) is 1.77. The van der Waals surface area contributed by atoms with E-state index in [1.807, 2.05) is 19.1 Å². The third-order valence-electron chi connectivity index (χ3n) is 2.96. The first-order valence-electron chi connectivity index (χ1n) is 6.19. The molecule has 2 rings (SSSR count). The van der Waals surface area contributed by atoms with E-state index in [1.165, 1.54) is 0 Å². The van der Waals surface area contributed by atoms with Crippen molar-refractivity contribution in [3.05, 3.63) is 57.4 Å². The first-order valence-corrected chi connectivity index (χ1v) is 6.19. The SMILES string of the molecule is Cc1ccc(C(O)CNC(=O)c2[nH]ncc2[N+](=O)[O-])cc1. The van der Waals surface area contributed by atoms with Gasteiger partial charge >= 0.3 is 5.69 Å². The number of nitrogens with zero attached hydrogens (tertiary/aromatic N) is 2. The van der Waals surface area contributed by atoms with Gasteiger partial charge < -0.3 is 10.4 Å². The lowest BCUT2D eigenvalue weighted by atomic mass is 10.1. The van der Waals surface area contributed by atoms with Gasteiger partial charge in [-0.3, -0.25) is 20.0 Å². The third kappa shape index (κ3) is 3.42. The van der Waals surface area contributed by atoms with Crippen molar-refractivity contribution in [3.8, 4) is 0 Å². The first kappa shape index (κ1) is 14.7. The molecule has 1 heterocycles. The summed E-state index contributed by atoms with van der Waals surface area (Å²) in [5, 5.41) is 28.8. The van der Waals surface area contributed by atoms with E-state index >= 15 is 0 Å². The molecule has 0 saturated heterocycles. The maximum absolute atomic E-state index is 11.8. The molecule has 0 radical (unpaired) electrons. The number of hydrogen-bond acceptors (Lipinski definition) is 5. The molecule has 110 valence electrons. The zero-order chi connectivity index (χ0) is 15.4. The number of nitrogens with one attached hydrogen (secondary N) is 2. The Hall–Kier alpha value is -2.74. The van der Waals surface area contributed by atoms with Crippen molar-refractivity contribution in [1.29, 1.82) is 0 Å². The van der Waals surface area contributed by atoms with Gasteiger partial charge in [0, 0.05) is 6.54 Å². The fourth-order valence-electron chi connectivity index (χ4n) is 1.77. The Labute approximate surface area is 120 Å². The number of nitro groups is 1. The van der Waals surface area contributed by atoms with Crippen molar-refractivity contribution < 1.29 is 14.8 Å². The number of rotatable bonds is 5. The monoisotopic (exact) mass is 290 g/mol. The second-order valence-electron chi connectivity index (χ2n) is 4.52. The van der Waals surface area contributed by atoms with Gasteiger partial charge in [0.2, 0.25) is 5.69 Å². The number of aliphatic hydroxyl groups excluding tert-OH is 1. The van der Waals surface area contributed by atoms with Crippen LogP contribution >= 0.6 is 0 Å². The van der Waals surface area contributed by atoms with Crippen LogP contribution in [0.4, 0.5) is 5.69 Å². The Morgan fingerprint density at radius 2 is 2.14 bits per heavy atom. The van der Waals surface area contributed by atoms with E-state index in [-0.39, 0.29) is 12.2 Å². The number of aliphatic hydroxyl groups is 1. The molecule has 1 aromatic carbocycles. The van der Waals surface area contributed by atoms with Gasteiger partial charge in [0.15, 0.2) is 0 Å². The highest BCUT2D eigenvalue weighted by atomic mass is 16.6. The van der Waals surface area contributed by atoms with Crippen LogP contribution in [-0.4, -0.2) is 32.7 Å². The highest BCUT2D eigenvalue weighted by Crippen LogP contribution is 2.15. The van der Waals surface area contributed by atoms with Crippen LogP contribution in [0.15, 0.2) is 30.5 Å². The molecular formula is C13H14N4O4. The number of amides is 1. The Morgan fingerprint density at radius 1 is 1.48 bits per heavy atom. The van der Waals surface area contributed by atoms with Gasteiger partial charge in [0.05, 0.1) is 11.0 Å². The van der Waals surface area contributed by atoms with Crippen LogP contribution < -0.4 is 5.32 Å².